The summed E-state index contributed by atoms with van der Waals surface area (Å²) in [5.74, 6) is 3.99. The van der Waals surface area contributed by atoms with Crippen LogP contribution in [0.25, 0.3) is 0 Å². The fourth-order valence-electron chi connectivity index (χ4n) is 4.58. The first-order valence-electron chi connectivity index (χ1n) is 11.4. The third-order valence-corrected chi connectivity index (χ3v) is 8.93. The molecule has 8 nitrogen and oxygen atoms in total. The zero-order chi connectivity index (χ0) is 26.2. The van der Waals surface area contributed by atoms with Crippen LogP contribution in [0.15, 0.2) is 52.8 Å². The largest absolute Gasteiger partial charge is 0.422 e. The molecule has 0 bridgehead atoms. The summed E-state index contributed by atoms with van der Waals surface area (Å²) in [6.45, 7) is 8.75. The lowest BCUT2D eigenvalue weighted by Crippen LogP contribution is -2.57. The van der Waals surface area contributed by atoms with E-state index < -0.39 is 27.6 Å². The molecule has 2 aliphatic rings. The lowest BCUT2D eigenvalue weighted by atomic mass is 9.92. The minimum Gasteiger partial charge on any atom is -0.422 e. The van der Waals surface area contributed by atoms with Crippen molar-refractivity contribution in [1.29, 1.82) is 0 Å². The first kappa shape index (κ1) is 26.4. The SMILES string of the molecule is C=C1NN=C(C([C@H](N)c2c(F)ccc(C)c2C)N2CN(CCCOC)c3cc(Cl)ccc3S2(=C)=O)O1. The van der Waals surface area contributed by atoms with Crippen molar-refractivity contribution >= 4 is 38.8 Å². The summed E-state index contributed by atoms with van der Waals surface area (Å²) in [5, 5.41) is 4.76. The minimum atomic E-state index is -3.13. The van der Waals surface area contributed by atoms with Gasteiger partial charge in [0.1, 0.15) is 11.9 Å². The van der Waals surface area contributed by atoms with Crippen molar-refractivity contribution in [2.24, 2.45) is 10.8 Å². The van der Waals surface area contributed by atoms with E-state index in [9.17, 15) is 4.21 Å². The van der Waals surface area contributed by atoms with E-state index in [1.807, 2.05) is 18.7 Å². The number of rotatable bonds is 8. The molecule has 0 spiro atoms. The molecule has 2 unspecified atom stereocenters. The Balaban J connectivity index is 1.86. The normalized spacial score (nSPS) is 21.4. The molecule has 2 aromatic carbocycles. The van der Waals surface area contributed by atoms with E-state index in [1.165, 1.54) is 6.07 Å². The first-order valence-corrected chi connectivity index (χ1v) is 13.5. The van der Waals surface area contributed by atoms with Crippen molar-refractivity contribution in [3.05, 3.63) is 70.3 Å². The number of aryl methyl sites for hydroxylation is 1. The fraction of sp³-hybridized carbons (Fsp3) is 0.360. The highest BCUT2D eigenvalue weighted by atomic mass is 35.5. The number of methoxy groups -OCH3 is 1. The minimum absolute atomic E-state index is 0.137. The highest BCUT2D eigenvalue weighted by molar-refractivity contribution is 7.98. The van der Waals surface area contributed by atoms with Crippen LogP contribution in [0, 0.1) is 19.7 Å². The Morgan fingerprint density at radius 3 is 2.78 bits per heavy atom. The smallest absolute Gasteiger partial charge is 0.234 e. The molecule has 0 fully saturated rings. The molecule has 11 heteroatoms. The van der Waals surface area contributed by atoms with Gasteiger partial charge in [-0.25, -0.2) is 14.0 Å². The van der Waals surface area contributed by atoms with Crippen LogP contribution in [0.4, 0.5) is 10.1 Å². The zero-order valence-electron chi connectivity index (χ0n) is 20.6. The zero-order valence-corrected chi connectivity index (χ0v) is 22.2. The average Bonchev–Trinajstić information content (AvgIpc) is 3.25. The molecule has 2 aromatic rings. The van der Waals surface area contributed by atoms with Gasteiger partial charge >= 0.3 is 0 Å². The Kier molecular flexibility index (Phi) is 7.63. The molecular formula is C25H31ClFN5O3S. The van der Waals surface area contributed by atoms with Gasteiger partial charge in [-0.2, -0.15) is 4.31 Å². The van der Waals surface area contributed by atoms with Gasteiger partial charge < -0.3 is 20.1 Å². The Bertz CT molecular complexity index is 1320. The molecule has 0 aliphatic carbocycles. The summed E-state index contributed by atoms with van der Waals surface area (Å²) in [4.78, 5) is 2.53. The van der Waals surface area contributed by atoms with Crippen molar-refractivity contribution in [3.8, 4) is 0 Å². The predicted octanol–water partition coefficient (Wildman–Crippen LogP) is 3.68. The van der Waals surface area contributed by atoms with Crippen molar-refractivity contribution in [2.75, 3.05) is 31.8 Å². The summed E-state index contributed by atoms with van der Waals surface area (Å²) in [5.41, 5.74) is 12.1. The van der Waals surface area contributed by atoms with E-state index in [2.05, 4.69) is 23.0 Å². The molecule has 194 valence electrons. The van der Waals surface area contributed by atoms with Crippen LogP contribution >= 0.6 is 11.6 Å². The average molecular weight is 536 g/mol. The number of hydrogen-bond acceptors (Lipinski definition) is 7. The lowest BCUT2D eigenvalue weighted by Gasteiger charge is -2.45. The summed E-state index contributed by atoms with van der Waals surface area (Å²) in [7, 11) is -1.49. The van der Waals surface area contributed by atoms with Crippen molar-refractivity contribution in [2.45, 2.75) is 37.2 Å². The van der Waals surface area contributed by atoms with Crippen molar-refractivity contribution in [1.82, 2.24) is 9.73 Å². The molecule has 2 aliphatic heterocycles. The van der Waals surface area contributed by atoms with E-state index in [4.69, 9.17) is 26.8 Å². The van der Waals surface area contributed by atoms with Crippen LogP contribution in [0.2, 0.25) is 5.02 Å². The number of halogens is 2. The molecule has 0 saturated carbocycles. The molecule has 3 atom stereocenters. The van der Waals surface area contributed by atoms with E-state index >= 15 is 4.39 Å². The summed E-state index contributed by atoms with van der Waals surface area (Å²) in [6, 6.07) is 6.34. The Morgan fingerprint density at radius 1 is 1.36 bits per heavy atom. The van der Waals surface area contributed by atoms with Gasteiger partial charge in [0.05, 0.1) is 33.0 Å². The number of hydrogen-bond donors (Lipinski definition) is 2. The first-order chi connectivity index (χ1) is 17.1. The Hall–Kier alpha value is -2.63. The highest BCUT2D eigenvalue weighted by Gasteiger charge is 2.44. The summed E-state index contributed by atoms with van der Waals surface area (Å²) < 4.78 is 42.2. The maximum absolute atomic E-state index is 15.2. The Labute approximate surface area is 216 Å². The van der Waals surface area contributed by atoms with Gasteiger partial charge in [0.25, 0.3) is 0 Å². The molecule has 36 heavy (non-hydrogen) atoms. The van der Waals surface area contributed by atoms with Gasteiger partial charge in [0.2, 0.25) is 11.8 Å². The van der Waals surface area contributed by atoms with Gasteiger partial charge in [0, 0.05) is 30.8 Å². The number of anilines is 1. The van der Waals surface area contributed by atoms with E-state index in [0.717, 1.165) is 11.3 Å². The van der Waals surface area contributed by atoms with Gasteiger partial charge in [-0.3, -0.25) is 0 Å². The molecule has 0 amide bonds. The van der Waals surface area contributed by atoms with E-state index in [1.54, 1.807) is 35.7 Å². The molecular weight excluding hydrogens is 505 g/mol. The number of nitrogens with one attached hydrogen (secondary N) is 1. The van der Waals surface area contributed by atoms with Crippen LogP contribution in [0.3, 0.4) is 0 Å². The molecule has 4 rings (SSSR count). The number of benzene rings is 2. The maximum Gasteiger partial charge on any atom is 0.234 e. The van der Waals surface area contributed by atoms with Crippen molar-refractivity contribution < 1.29 is 18.1 Å². The molecule has 2 heterocycles. The van der Waals surface area contributed by atoms with Gasteiger partial charge in [-0.1, -0.05) is 17.7 Å². The number of fused-ring (bicyclic) bond motifs is 1. The molecule has 3 N–H and O–H groups in total. The molecule has 0 aromatic heterocycles. The second-order valence-corrected chi connectivity index (χ2v) is 11.5. The number of nitrogens with two attached hydrogens (primary N) is 1. The fourth-order valence-corrected chi connectivity index (χ4v) is 6.71. The van der Waals surface area contributed by atoms with Crippen LogP contribution < -0.4 is 16.1 Å². The van der Waals surface area contributed by atoms with E-state index in [-0.39, 0.29) is 18.4 Å². The topological polar surface area (TPSA) is 92.4 Å². The monoisotopic (exact) mass is 535 g/mol. The third kappa shape index (κ3) is 4.83. The van der Waals surface area contributed by atoms with Crippen LogP contribution in [-0.4, -0.2) is 53.3 Å². The van der Waals surface area contributed by atoms with Gasteiger partial charge in [-0.05, 0) is 68.1 Å². The standard InChI is InChI=1S/C25H31ClFN5O3S/c1-15-7-9-19(27)22(16(15)2)23(28)24(25-30-29-17(3)35-25)32-14-31(11-6-12-34-4)20-13-18(26)8-10-21(20)36(32,5)33/h7-10,13,23-24,29H,3,5-6,11-12,14,28H2,1-2,4H3/t23-,24?,36?/m1/s1. The second-order valence-electron chi connectivity index (χ2n) is 8.88. The third-order valence-electron chi connectivity index (χ3n) is 6.56. The highest BCUT2D eigenvalue weighted by Crippen LogP contribution is 2.39. The second kappa shape index (κ2) is 10.4. The number of nitrogens with zero attached hydrogens (tertiary/aromatic N) is 3. The summed E-state index contributed by atoms with van der Waals surface area (Å²) >= 11 is 6.30. The maximum atomic E-state index is 15.2. The molecule has 0 saturated heterocycles. The van der Waals surface area contributed by atoms with Crippen LogP contribution in [0.1, 0.15) is 29.2 Å². The van der Waals surface area contributed by atoms with Crippen LogP contribution in [0.5, 0.6) is 0 Å². The van der Waals surface area contributed by atoms with Gasteiger partial charge in [0.15, 0.2) is 0 Å². The summed E-state index contributed by atoms with van der Waals surface area (Å²) in [6.07, 6.45) is 0.715. The number of ether oxygens (including phenoxy) is 2. The quantitative estimate of drug-likeness (QED) is 0.396. The lowest BCUT2D eigenvalue weighted by molar-refractivity contribution is 0.194. The Morgan fingerprint density at radius 2 is 2.11 bits per heavy atom. The van der Waals surface area contributed by atoms with Crippen molar-refractivity contribution in [3.63, 3.8) is 0 Å². The van der Waals surface area contributed by atoms with Crippen LogP contribution in [-0.2, 0) is 19.2 Å². The van der Waals surface area contributed by atoms with Gasteiger partial charge in [-0.15, -0.1) is 5.10 Å². The van der Waals surface area contributed by atoms with E-state index in [0.29, 0.717) is 40.6 Å². The molecule has 0 radical (unpaired) electrons. The predicted molar refractivity (Wildman–Crippen MR) is 143 cm³/mol. The number of hydrazone groups is 1.